The van der Waals surface area contributed by atoms with Crippen molar-refractivity contribution in [3.63, 3.8) is 0 Å². The molecule has 4 rings (SSSR count). The number of nitrogens with zero attached hydrogens (tertiary/aromatic N) is 2. The average Bonchev–Trinajstić information content (AvgIpc) is 3.21. The third kappa shape index (κ3) is 3.39. The Balaban J connectivity index is 1.46. The summed E-state index contributed by atoms with van der Waals surface area (Å²) in [7, 11) is 1.66. The molecule has 5 nitrogen and oxygen atoms in total. The molecule has 2 aromatic rings. The Hall–Kier alpha value is -2.56. The van der Waals surface area contributed by atoms with Gasteiger partial charge in [-0.1, -0.05) is 12.1 Å². The first kappa shape index (κ1) is 16.9. The van der Waals surface area contributed by atoms with Crippen molar-refractivity contribution in [1.82, 2.24) is 9.88 Å². The average molecular weight is 352 g/mol. The maximum absolute atomic E-state index is 12.6. The van der Waals surface area contributed by atoms with Crippen molar-refractivity contribution in [2.45, 2.75) is 25.7 Å². The van der Waals surface area contributed by atoms with Gasteiger partial charge in [-0.3, -0.25) is 9.78 Å². The lowest BCUT2D eigenvalue weighted by atomic mass is 9.92. The molecule has 2 aliphatic heterocycles. The minimum Gasteiger partial charge on any atom is -0.493 e. The second-order valence-corrected chi connectivity index (χ2v) is 7.07. The number of amides is 1. The molecule has 0 bridgehead atoms. The summed E-state index contributed by atoms with van der Waals surface area (Å²) in [5.41, 5.74) is 2.87. The molecule has 1 aromatic heterocycles. The van der Waals surface area contributed by atoms with Crippen LogP contribution in [-0.2, 0) is 12.8 Å². The van der Waals surface area contributed by atoms with E-state index in [1.807, 2.05) is 29.2 Å². The smallest absolute Gasteiger partial charge is 0.253 e. The minimum atomic E-state index is 0.126. The zero-order valence-corrected chi connectivity index (χ0v) is 15.1. The number of hydrogen-bond donors (Lipinski definition) is 0. The largest absolute Gasteiger partial charge is 0.493 e. The van der Waals surface area contributed by atoms with E-state index in [2.05, 4.69) is 11.1 Å². The molecule has 2 aliphatic rings. The lowest BCUT2D eigenvalue weighted by Gasteiger charge is -2.26. The van der Waals surface area contributed by atoms with Crippen LogP contribution in [0.15, 0.2) is 36.5 Å². The Kier molecular flexibility index (Phi) is 4.78. The van der Waals surface area contributed by atoms with Crippen molar-refractivity contribution in [3.05, 3.63) is 53.3 Å². The van der Waals surface area contributed by atoms with Gasteiger partial charge in [0, 0.05) is 36.5 Å². The predicted molar refractivity (Wildman–Crippen MR) is 98.8 cm³/mol. The van der Waals surface area contributed by atoms with E-state index in [4.69, 9.17) is 9.47 Å². The van der Waals surface area contributed by atoms with Crippen molar-refractivity contribution < 1.29 is 14.3 Å². The Morgan fingerprint density at radius 2 is 2.15 bits per heavy atom. The number of pyridine rings is 1. The van der Waals surface area contributed by atoms with Crippen LogP contribution in [0, 0.1) is 5.92 Å². The Labute approximate surface area is 153 Å². The SMILES string of the molecule is COc1cccc2c1OCC(Cc1cc(C(=O)N3CCCC3)ccn1)C2. The highest BCUT2D eigenvalue weighted by Crippen LogP contribution is 2.36. The lowest BCUT2D eigenvalue weighted by Crippen LogP contribution is -2.28. The molecule has 136 valence electrons. The molecule has 0 spiro atoms. The van der Waals surface area contributed by atoms with Crippen molar-refractivity contribution in [2.24, 2.45) is 5.92 Å². The monoisotopic (exact) mass is 352 g/mol. The summed E-state index contributed by atoms with van der Waals surface area (Å²) in [6, 6.07) is 9.78. The fraction of sp³-hybridized carbons (Fsp3) is 0.429. The number of fused-ring (bicyclic) bond motifs is 1. The van der Waals surface area contributed by atoms with E-state index in [9.17, 15) is 4.79 Å². The van der Waals surface area contributed by atoms with Gasteiger partial charge in [0.25, 0.3) is 5.91 Å². The molecule has 26 heavy (non-hydrogen) atoms. The van der Waals surface area contributed by atoms with Gasteiger partial charge in [0.05, 0.1) is 13.7 Å². The van der Waals surface area contributed by atoms with E-state index in [1.165, 1.54) is 5.56 Å². The van der Waals surface area contributed by atoms with Crippen molar-refractivity contribution in [2.75, 3.05) is 26.8 Å². The van der Waals surface area contributed by atoms with E-state index in [1.54, 1.807) is 13.3 Å². The number of rotatable bonds is 4. The summed E-state index contributed by atoms with van der Waals surface area (Å²) in [5, 5.41) is 0. The molecule has 1 fully saturated rings. The first-order chi connectivity index (χ1) is 12.7. The van der Waals surface area contributed by atoms with Crippen molar-refractivity contribution >= 4 is 5.91 Å². The normalized spacial score (nSPS) is 19.0. The van der Waals surface area contributed by atoms with Crippen molar-refractivity contribution in [3.8, 4) is 11.5 Å². The van der Waals surface area contributed by atoms with Crippen LogP contribution >= 0.6 is 0 Å². The lowest BCUT2D eigenvalue weighted by molar-refractivity contribution is 0.0792. The van der Waals surface area contributed by atoms with Crippen LogP contribution in [0.2, 0.25) is 0 Å². The number of aromatic nitrogens is 1. The highest BCUT2D eigenvalue weighted by atomic mass is 16.5. The van der Waals surface area contributed by atoms with Crippen LogP contribution in [0.5, 0.6) is 11.5 Å². The van der Waals surface area contributed by atoms with Gasteiger partial charge < -0.3 is 14.4 Å². The standard InChI is InChI=1S/C21H24N2O3/c1-25-19-6-4-5-16-11-15(14-26-20(16)19)12-18-13-17(7-8-22-18)21(24)23-9-2-3-10-23/h4-8,13,15H,2-3,9-12,14H2,1H3. The topological polar surface area (TPSA) is 51.7 Å². The Morgan fingerprint density at radius 3 is 2.96 bits per heavy atom. The fourth-order valence-corrected chi connectivity index (χ4v) is 3.87. The molecule has 0 aliphatic carbocycles. The zero-order valence-electron chi connectivity index (χ0n) is 15.1. The Morgan fingerprint density at radius 1 is 1.31 bits per heavy atom. The van der Waals surface area contributed by atoms with E-state index in [0.29, 0.717) is 12.5 Å². The predicted octanol–water partition coefficient (Wildman–Crippen LogP) is 3.12. The quantitative estimate of drug-likeness (QED) is 0.848. The molecule has 1 unspecified atom stereocenters. The number of methoxy groups -OCH3 is 1. The number of hydrogen-bond acceptors (Lipinski definition) is 4. The molecular formula is C21H24N2O3. The molecule has 1 amide bonds. The number of ether oxygens (including phenoxy) is 2. The van der Waals surface area contributed by atoms with Crippen LogP contribution in [0.3, 0.4) is 0 Å². The van der Waals surface area contributed by atoms with Crippen LogP contribution in [0.1, 0.15) is 34.5 Å². The molecule has 1 aromatic carbocycles. The zero-order chi connectivity index (χ0) is 17.9. The summed E-state index contributed by atoms with van der Waals surface area (Å²) >= 11 is 0. The summed E-state index contributed by atoms with van der Waals surface area (Å²) in [4.78, 5) is 19.0. The van der Waals surface area contributed by atoms with Crippen molar-refractivity contribution in [1.29, 1.82) is 0 Å². The molecule has 1 saturated heterocycles. The fourth-order valence-electron chi connectivity index (χ4n) is 3.87. The van der Waals surface area contributed by atoms with Crippen LogP contribution in [0.4, 0.5) is 0 Å². The Bertz CT molecular complexity index is 800. The maximum Gasteiger partial charge on any atom is 0.253 e. The van der Waals surface area contributed by atoms with Gasteiger partial charge in [0.2, 0.25) is 0 Å². The first-order valence-electron chi connectivity index (χ1n) is 9.27. The molecule has 3 heterocycles. The van der Waals surface area contributed by atoms with Gasteiger partial charge in [-0.2, -0.15) is 0 Å². The molecular weight excluding hydrogens is 328 g/mol. The molecule has 5 heteroatoms. The molecule has 0 N–H and O–H groups in total. The van der Waals surface area contributed by atoms with E-state index < -0.39 is 0 Å². The molecule has 1 atom stereocenters. The van der Waals surface area contributed by atoms with Gasteiger partial charge in [0.15, 0.2) is 11.5 Å². The minimum absolute atomic E-state index is 0.126. The number of likely N-dealkylation sites (tertiary alicyclic amines) is 1. The third-order valence-electron chi connectivity index (χ3n) is 5.21. The first-order valence-corrected chi connectivity index (χ1v) is 9.27. The van der Waals surface area contributed by atoms with E-state index in [0.717, 1.165) is 61.5 Å². The number of carbonyl (C=O) groups is 1. The van der Waals surface area contributed by atoms with Gasteiger partial charge in [-0.05, 0) is 49.4 Å². The number of benzene rings is 1. The summed E-state index contributed by atoms with van der Waals surface area (Å²) in [6.45, 7) is 2.37. The summed E-state index contributed by atoms with van der Waals surface area (Å²) in [6.07, 6.45) is 5.69. The molecule has 0 radical (unpaired) electrons. The highest BCUT2D eigenvalue weighted by Gasteiger charge is 2.24. The second-order valence-electron chi connectivity index (χ2n) is 7.07. The van der Waals surface area contributed by atoms with Crippen LogP contribution in [0.25, 0.3) is 0 Å². The summed E-state index contributed by atoms with van der Waals surface area (Å²) in [5.74, 6) is 2.12. The van der Waals surface area contributed by atoms with Gasteiger partial charge in [-0.25, -0.2) is 0 Å². The second kappa shape index (κ2) is 7.36. The number of carbonyl (C=O) groups excluding carboxylic acids is 1. The van der Waals surface area contributed by atoms with Gasteiger partial charge in [0.1, 0.15) is 0 Å². The molecule has 0 saturated carbocycles. The highest BCUT2D eigenvalue weighted by molar-refractivity contribution is 5.94. The van der Waals surface area contributed by atoms with E-state index >= 15 is 0 Å². The van der Waals surface area contributed by atoms with Crippen LogP contribution in [-0.4, -0.2) is 42.6 Å². The van der Waals surface area contributed by atoms with Crippen LogP contribution < -0.4 is 9.47 Å². The third-order valence-corrected chi connectivity index (χ3v) is 5.21. The van der Waals surface area contributed by atoms with E-state index in [-0.39, 0.29) is 5.91 Å². The summed E-state index contributed by atoms with van der Waals surface area (Å²) < 4.78 is 11.3. The van der Waals surface area contributed by atoms with Gasteiger partial charge in [-0.15, -0.1) is 0 Å². The maximum atomic E-state index is 12.6. The number of para-hydroxylation sites is 1. The van der Waals surface area contributed by atoms with Gasteiger partial charge >= 0.3 is 0 Å².